The van der Waals surface area contributed by atoms with Gasteiger partial charge >= 0.3 is 0 Å². The third-order valence-corrected chi connectivity index (χ3v) is 5.26. The molecule has 0 spiro atoms. The average Bonchev–Trinajstić information content (AvgIpc) is 3.09. The van der Waals surface area contributed by atoms with Crippen LogP contribution >= 0.6 is 0 Å². The first-order valence-electron chi connectivity index (χ1n) is 10.4. The zero-order chi connectivity index (χ0) is 21.3. The summed E-state index contributed by atoms with van der Waals surface area (Å²) in [5, 5.41) is 3.31. The van der Waals surface area contributed by atoms with E-state index in [2.05, 4.69) is 16.8 Å². The van der Waals surface area contributed by atoms with Crippen LogP contribution in [0.1, 0.15) is 45.7 Å². The number of para-hydroxylation sites is 2. The minimum Gasteiger partial charge on any atom is -0.490 e. The number of nitrogens with one attached hydrogen (secondary N) is 1. The number of carbonyl (C=O) groups excluding carboxylic acids is 1. The topological polar surface area (TPSA) is 65.4 Å². The van der Waals surface area contributed by atoms with Gasteiger partial charge in [-0.1, -0.05) is 25.1 Å². The van der Waals surface area contributed by atoms with E-state index < -0.39 is 0 Å². The molecule has 2 aromatic carbocycles. The van der Waals surface area contributed by atoms with Crippen molar-refractivity contribution in [1.82, 2.24) is 9.55 Å². The van der Waals surface area contributed by atoms with Gasteiger partial charge in [-0.15, -0.1) is 0 Å². The maximum Gasteiger partial charge on any atom is 0.209 e. The predicted octanol–water partition coefficient (Wildman–Crippen LogP) is 5.10. The number of benzene rings is 2. The Hall–Kier alpha value is -3.28. The molecule has 6 heteroatoms. The summed E-state index contributed by atoms with van der Waals surface area (Å²) in [6, 6.07) is 13.6. The van der Waals surface area contributed by atoms with E-state index in [0.29, 0.717) is 19.0 Å². The third kappa shape index (κ3) is 3.43. The molecule has 156 valence electrons. The number of allylic oxidation sites excluding steroid dienone is 2. The summed E-state index contributed by atoms with van der Waals surface area (Å²) >= 11 is 0. The van der Waals surface area contributed by atoms with Crippen LogP contribution in [0.3, 0.4) is 0 Å². The van der Waals surface area contributed by atoms with E-state index in [0.717, 1.165) is 46.0 Å². The molecule has 0 radical (unpaired) electrons. The molecule has 1 aliphatic rings. The molecule has 30 heavy (non-hydrogen) atoms. The van der Waals surface area contributed by atoms with E-state index in [1.807, 2.05) is 56.3 Å². The third-order valence-electron chi connectivity index (χ3n) is 5.26. The highest BCUT2D eigenvalue weighted by atomic mass is 16.5. The number of Topliss-reactive ketones (excluding diaryl/α,β-unsaturated/α-hetero) is 1. The molecule has 0 bridgehead atoms. The molecule has 2 heterocycles. The molecular formula is C24H27N3O3. The zero-order valence-electron chi connectivity index (χ0n) is 17.9. The fraction of sp³-hybridized carbons (Fsp3) is 0.333. The van der Waals surface area contributed by atoms with Crippen LogP contribution in [0.5, 0.6) is 11.5 Å². The van der Waals surface area contributed by atoms with Crippen LogP contribution in [-0.2, 0) is 4.79 Å². The SMILES string of the molecule is CCCOc1ccc([C@H]2C(C(C)=O)=C(C)Nc3nc4ccccc4n32)cc1OCC. The van der Waals surface area contributed by atoms with Crippen molar-refractivity contribution in [2.75, 3.05) is 18.5 Å². The Kier molecular flexibility index (Phi) is 5.48. The van der Waals surface area contributed by atoms with Crippen LogP contribution in [-0.4, -0.2) is 28.5 Å². The maximum absolute atomic E-state index is 12.7. The molecule has 1 atom stereocenters. The highest BCUT2D eigenvalue weighted by Crippen LogP contribution is 2.41. The van der Waals surface area contributed by atoms with Gasteiger partial charge < -0.3 is 14.8 Å². The standard InChI is InChI=1S/C24H27N3O3/c1-5-13-30-20-12-11-17(14-21(20)29-6-2)23-22(16(4)28)15(3)25-24-26-18-9-7-8-10-19(18)27(23)24/h7-12,14,23H,5-6,13H2,1-4H3,(H,25,26)/t23-/m0/s1. The Labute approximate surface area is 176 Å². The first-order valence-corrected chi connectivity index (χ1v) is 10.4. The van der Waals surface area contributed by atoms with Crippen molar-refractivity contribution in [2.45, 2.75) is 40.2 Å². The van der Waals surface area contributed by atoms with Crippen LogP contribution in [0.15, 0.2) is 53.7 Å². The number of rotatable bonds is 7. The summed E-state index contributed by atoms with van der Waals surface area (Å²) in [7, 11) is 0. The number of nitrogens with zero attached hydrogens (tertiary/aromatic N) is 2. The molecular weight excluding hydrogens is 378 g/mol. The van der Waals surface area contributed by atoms with E-state index in [1.165, 1.54) is 0 Å². The van der Waals surface area contributed by atoms with Crippen molar-refractivity contribution < 1.29 is 14.3 Å². The Balaban J connectivity index is 1.91. The molecule has 0 fully saturated rings. The van der Waals surface area contributed by atoms with Gasteiger partial charge in [-0.2, -0.15) is 0 Å². The second-order valence-corrected chi connectivity index (χ2v) is 7.40. The zero-order valence-corrected chi connectivity index (χ0v) is 17.9. The molecule has 0 saturated heterocycles. The Morgan fingerprint density at radius 1 is 1.13 bits per heavy atom. The highest BCUT2D eigenvalue weighted by Gasteiger charge is 2.33. The van der Waals surface area contributed by atoms with Gasteiger partial charge in [-0.3, -0.25) is 9.36 Å². The summed E-state index contributed by atoms with van der Waals surface area (Å²) in [6.07, 6.45) is 0.919. The number of hydrogen-bond acceptors (Lipinski definition) is 5. The summed E-state index contributed by atoms with van der Waals surface area (Å²) < 4.78 is 13.8. The fourth-order valence-electron chi connectivity index (χ4n) is 4.03. The van der Waals surface area contributed by atoms with Crippen molar-refractivity contribution in [3.8, 4) is 11.5 Å². The van der Waals surface area contributed by atoms with Crippen molar-refractivity contribution in [3.05, 3.63) is 59.3 Å². The molecule has 3 aromatic rings. The van der Waals surface area contributed by atoms with Crippen LogP contribution in [0.2, 0.25) is 0 Å². The molecule has 6 nitrogen and oxygen atoms in total. The second kappa shape index (κ2) is 8.22. The van der Waals surface area contributed by atoms with E-state index in [4.69, 9.17) is 14.5 Å². The molecule has 4 rings (SSSR count). The van der Waals surface area contributed by atoms with Crippen molar-refractivity contribution in [1.29, 1.82) is 0 Å². The van der Waals surface area contributed by atoms with Crippen molar-refractivity contribution in [3.63, 3.8) is 0 Å². The van der Waals surface area contributed by atoms with Crippen molar-refractivity contribution in [2.24, 2.45) is 0 Å². The van der Waals surface area contributed by atoms with E-state index in [9.17, 15) is 4.79 Å². The van der Waals surface area contributed by atoms with Gasteiger partial charge in [-0.05, 0) is 57.0 Å². The normalized spacial score (nSPS) is 15.7. The monoisotopic (exact) mass is 405 g/mol. The van der Waals surface area contributed by atoms with Crippen LogP contribution in [0.4, 0.5) is 5.95 Å². The first-order chi connectivity index (χ1) is 14.5. The second-order valence-electron chi connectivity index (χ2n) is 7.40. The minimum absolute atomic E-state index is 0.0256. The molecule has 1 N–H and O–H groups in total. The minimum atomic E-state index is -0.300. The van der Waals surface area contributed by atoms with Crippen LogP contribution in [0, 0.1) is 0 Å². The molecule has 0 unspecified atom stereocenters. The molecule has 1 aliphatic heterocycles. The fourth-order valence-corrected chi connectivity index (χ4v) is 4.03. The Bertz CT molecular complexity index is 1130. The van der Waals surface area contributed by atoms with Crippen LogP contribution in [0.25, 0.3) is 11.0 Å². The molecule has 1 aromatic heterocycles. The largest absolute Gasteiger partial charge is 0.490 e. The molecule has 0 saturated carbocycles. The van der Waals surface area contributed by atoms with Crippen molar-refractivity contribution >= 4 is 22.8 Å². The number of anilines is 1. The van der Waals surface area contributed by atoms with Gasteiger partial charge in [0.05, 0.1) is 30.3 Å². The Morgan fingerprint density at radius 2 is 1.93 bits per heavy atom. The summed E-state index contributed by atoms with van der Waals surface area (Å²) in [6.45, 7) is 8.72. The first kappa shape index (κ1) is 20.0. The van der Waals surface area contributed by atoms with Crippen LogP contribution < -0.4 is 14.8 Å². The number of ketones is 1. The molecule has 0 amide bonds. The average molecular weight is 405 g/mol. The predicted molar refractivity (Wildman–Crippen MR) is 118 cm³/mol. The van der Waals surface area contributed by atoms with E-state index in [1.54, 1.807) is 6.92 Å². The number of fused-ring (bicyclic) bond motifs is 3. The Morgan fingerprint density at radius 3 is 2.67 bits per heavy atom. The number of aromatic nitrogens is 2. The molecule has 0 aliphatic carbocycles. The summed E-state index contributed by atoms with van der Waals surface area (Å²) in [5.74, 6) is 2.16. The van der Waals surface area contributed by atoms with Gasteiger partial charge in [0.15, 0.2) is 17.3 Å². The van der Waals surface area contributed by atoms with Gasteiger partial charge in [0.1, 0.15) is 0 Å². The highest BCUT2D eigenvalue weighted by molar-refractivity contribution is 5.97. The van der Waals surface area contributed by atoms with E-state index in [-0.39, 0.29) is 11.8 Å². The lowest BCUT2D eigenvalue weighted by atomic mass is 9.92. The lowest BCUT2D eigenvalue weighted by molar-refractivity contribution is -0.114. The lowest BCUT2D eigenvalue weighted by Gasteiger charge is -2.30. The van der Waals surface area contributed by atoms with Gasteiger partial charge in [0, 0.05) is 11.3 Å². The summed E-state index contributed by atoms with van der Waals surface area (Å²) in [5.41, 5.74) is 4.35. The van der Waals surface area contributed by atoms with E-state index >= 15 is 0 Å². The maximum atomic E-state index is 12.7. The van der Waals surface area contributed by atoms with Gasteiger partial charge in [0.25, 0.3) is 0 Å². The van der Waals surface area contributed by atoms with Gasteiger partial charge in [0.2, 0.25) is 5.95 Å². The summed E-state index contributed by atoms with van der Waals surface area (Å²) in [4.78, 5) is 17.4. The quantitative estimate of drug-likeness (QED) is 0.592. The lowest BCUT2D eigenvalue weighted by Crippen LogP contribution is -2.27. The smallest absolute Gasteiger partial charge is 0.209 e. The number of ether oxygens (including phenoxy) is 2. The number of imidazole rings is 1. The number of carbonyl (C=O) groups is 1. The number of hydrogen-bond donors (Lipinski definition) is 1. The van der Waals surface area contributed by atoms with Gasteiger partial charge in [-0.25, -0.2) is 4.98 Å².